The van der Waals surface area contributed by atoms with Gasteiger partial charge in [0.15, 0.2) is 5.82 Å². The molecule has 0 saturated heterocycles. The lowest BCUT2D eigenvalue weighted by Gasteiger charge is -2.05. The van der Waals surface area contributed by atoms with Crippen molar-refractivity contribution in [1.82, 2.24) is 19.4 Å². The monoisotopic (exact) mass is 427 g/mol. The number of nitrogens with one attached hydrogen (secondary N) is 1. The fourth-order valence-corrected chi connectivity index (χ4v) is 4.02. The smallest absolute Gasteiger partial charge is 0.216 e. The van der Waals surface area contributed by atoms with Gasteiger partial charge in [0.25, 0.3) is 0 Å². The Balaban J connectivity index is 1.46. The van der Waals surface area contributed by atoms with Crippen molar-refractivity contribution in [3.05, 3.63) is 89.0 Å². The highest BCUT2D eigenvalue weighted by molar-refractivity contribution is 7.71. The second kappa shape index (κ2) is 8.20. The van der Waals surface area contributed by atoms with Gasteiger partial charge in [-0.25, -0.2) is 5.10 Å². The van der Waals surface area contributed by atoms with E-state index in [-0.39, 0.29) is 6.61 Å². The molecule has 5 aromatic rings. The number of fused-ring (bicyclic) bond motifs is 3. The minimum absolute atomic E-state index is 0.261. The van der Waals surface area contributed by atoms with Crippen LogP contribution >= 0.6 is 12.2 Å². The molecule has 0 amide bonds. The number of nitrogens with zero attached hydrogens (tertiary/aromatic N) is 4. The van der Waals surface area contributed by atoms with E-state index in [1.807, 2.05) is 30.3 Å². The Bertz CT molecular complexity index is 1450. The minimum Gasteiger partial charge on any atom is -0.486 e. The van der Waals surface area contributed by atoms with Crippen molar-refractivity contribution in [2.45, 2.75) is 20.1 Å². The molecular weight excluding hydrogens is 406 g/mol. The molecule has 0 unspecified atom stereocenters. The van der Waals surface area contributed by atoms with E-state index in [4.69, 9.17) is 17.0 Å². The van der Waals surface area contributed by atoms with Gasteiger partial charge >= 0.3 is 0 Å². The standard InChI is InChI=1S/C24H21N5OS/c1-2-28-21-11-7-6-10-19(21)20-14-17(12-13-22(20)28)15-25-29-23(26-27-24(29)31)16-30-18-8-4-3-5-9-18/h3-15H,2,16H2,1H3,(H,27,31)/b25-15-. The quantitative estimate of drug-likeness (QED) is 0.286. The van der Waals surface area contributed by atoms with E-state index in [2.05, 4.69) is 69.3 Å². The maximum atomic E-state index is 5.79. The first-order chi connectivity index (χ1) is 15.2. The molecule has 0 aliphatic rings. The van der Waals surface area contributed by atoms with Gasteiger partial charge in [0.05, 0.1) is 6.21 Å². The molecule has 7 heteroatoms. The lowest BCUT2D eigenvalue weighted by atomic mass is 10.1. The number of aromatic nitrogens is 4. The molecule has 1 N–H and O–H groups in total. The van der Waals surface area contributed by atoms with Crippen molar-refractivity contribution in [2.24, 2.45) is 5.10 Å². The van der Waals surface area contributed by atoms with Crippen molar-refractivity contribution >= 4 is 40.2 Å². The average Bonchev–Trinajstić information content (AvgIpc) is 3.33. The summed E-state index contributed by atoms with van der Waals surface area (Å²) in [4.78, 5) is 0. The lowest BCUT2D eigenvalue weighted by molar-refractivity contribution is 0.290. The van der Waals surface area contributed by atoms with E-state index in [0.717, 1.165) is 17.9 Å². The molecule has 0 saturated carbocycles. The lowest BCUT2D eigenvalue weighted by Crippen LogP contribution is -2.04. The largest absolute Gasteiger partial charge is 0.486 e. The highest BCUT2D eigenvalue weighted by Gasteiger charge is 2.10. The molecule has 3 aromatic carbocycles. The van der Waals surface area contributed by atoms with Gasteiger partial charge in [-0.05, 0) is 55.0 Å². The first kappa shape index (κ1) is 19.3. The number of ether oxygens (including phenoxy) is 1. The maximum absolute atomic E-state index is 5.79. The number of benzene rings is 3. The van der Waals surface area contributed by atoms with Gasteiger partial charge < -0.3 is 9.30 Å². The Hall–Kier alpha value is -3.71. The van der Waals surface area contributed by atoms with Gasteiger partial charge in [-0.15, -0.1) is 0 Å². The number of hydrogen-bond donors (Lipinski definition) is 1. The molecule has 154 valence electrons. The van der Waals surface area contributed by atoms with Gasteiger partial charge in [-0.1, -0.05) is 42.5 Å². The third-order valence-corrected chi connectivity index (χ3v) is 5.53. The number of aromatic amines is 1. The summed E-state index contributed by atoms with van der Waals surface area (Å²) in [5.74, 6) is 1.37. The van der Waals surface area contributed by atoms with Crippen molar-refractivity contribution < 1.29 is 4.74 Å². The maximum Gasteiger partial charge on any atom is 0.216 e. The second-order valence-electron chi connectivity index (χ2n) is 7.14. The van der Waals surface area contributed by atoms with Crippen LogP contribution in [0.15, 0.2) is 77.9 Å². The predicted molar refractivity (Wildman–Crippen MR) is 126 cm³/mol. The van der Waals surface area contributed by atoms with Gasteiger partial charge in [0.2, 0.25) is 4.77 Å². The first-order valence-corrected chi connectivity index (χ1v) is 10.5. The minimum atomic E-state index is 0.261. The Kier molecular flexibility index (Phi) is 5.09. The highest BCUT2D eigenvalue weighted by Crippen LogP contribution is 2.29. The summed E-state index contributed by atoms with van der Waals surface area (Å²) in [5.41, 5.74) is 3.45. The van der Waals surface area contributed by atoms with Gasteiger partial charge in [-0.3, -0.25) is 0 Å². The van der Waals surface area contributed by atoms with Crippen LogP contribution in [0, 0.1) is 4.77 Å². The summed E-state index contributed by atoms with van der Waals surface area (Å²) < 4.78 is 10.1. The molecule has 6 nitrogen and oxygen atoms in total. The Labute approximate surface area is 184 Å². The Morgan fingerprint density at radius 1 is 1.00 bits per heavy atom. The zero-order valence-electron chi connectivity index (χ0n) is 17.0. The molecule has 5 rings (SSSR count). The fraction of sp³-hybridized carbons (Fsp3) is 0.125. The molecule has 31 heavy (non-hydrogen) atoms. The van der Waals surface area contributed by atoms with E-state index < -0.39 is 0 Å². The topological polar surface area (TPSA) is 60.1 Å². The summed E-state index contributed by atoms with van der Waals surface area (Å²) in [7, 11) is 0. The average molecular weight is 428 g/mol. The van der Waals surface area contributed by atoms with E-state index in [1.165, 1.54) is 21.8 Å². The molecule has 0 radical (unpaired) electrons. The Morgan fingerprint density at radius 2 is 1.77 bits per heavy atom. The second-order valence-corrected chi connectivity index (χ2v) is 7.53. The van der Waals surface area contributed by atoms with Crippen LogP contribution in [-0.4, -0.2) is 25.7 Å². The summed E-state index contributed by atoms with van der Waals surface area (Å²) >= 11 is 5.35. The third-order valence-electron chi connectivity index (χ3n) is 5.26. The van der Waals surface area contributed by atoms with E-state index >= 15 is 0 Å². The van der Waals surface area contributed by atoms with E-state index in [9.17, 15) is 0 Å². The Morgan fingerprint density at radius 3 is 2.61 bits per heavy atom. The fourth-order valence-electron chi connectivity index (χ4n) is 3.82. The van der Waals surface area contributed by atoms with E-state index in [1.54, 1.807) is 10.9 Å². The van der Waals surface area contributed by atoms with Crippen molar-refractivity contribution in [1.29, 1.82) is 0 Å². The number of aryl methyl sites for hydroxylation is 1. The highest BCUT2D eigenvalue weighted by atomic mass is 32.1. The SMILES string of the molecule is CCn1c2ccccc2c2cc(/C=N\n3c(COc4ccccc4)n[nH]c3=S)ccc21. The van der Waals surface area contributed by atoms with Crippen LogP contribution in [0.25, 0.3) is 21.8 Å². The van der Waals surface area contributed by atoms with Crippen LogP contribution in [0.5, 0.6) is 5.75 Å². The van der Waals surface area contributed by atoms with E-state index in [0.29, 0.717) is 10.6 Å². The molecule has 2 aromatic heterocycles. The molecule has 0 aliphatic heterocycles. The van der Waals surface area contributed by atoms with Crippen molar-refractivity contribution in [3.63, 3.8) is 0 Å². The molecule has 0 fully saturated rings. The van der Waals surface area contributed by atoms with Crippen LogP contribution in [0.2, 0.25) is 0 Å². The first-order valence-electron chi connectivity index (χ1n) is 10.1. The zero-order chi connectivity index (χ0) is 21.2. The molecule has 0 bridgehead atoms. The third kappa shape index (κ3) is 3.64. The number of hydrogen-bond acceptors (Lipinski definition) is 4. The van der Waals surface area contributed by atoms with Crippen LogP contribution in [0.1, 0.15) is 18.3 Å². The molecule has 2 heterocycles. The molecule has 0 atom stereocenters. The molecular formula is C24H21N5OS. The predicted octanol–water partition coefficient (Wildman–Crippen LogP) is 5.53. The van der Waals surface area contributed by atoms with Crippen molar-refractivity contribution in [2.75, 3.05) is 0 Å². The van der Waals surface area contributed by atoms with Gasteiger partial charge in [-0.2, -0.15) is 14.9 Å². The number of rotatable bonds is 6. The summed E-state index contributed by atoms with van der Waals surface area (Å²) in [6.45, 7) is 3.35. The number of H-pyrrole nitrogens is 1. The summed E-state index contributed by atoms with van der Waals surface area (Å²) in [5, 5.41) is 14.1. The summed E-state index contributed by atoms with van der Waals surface area (Å²) in [6.07, 6.45) is 1.80. The van der Waals surface area contributed by atoms with Crippen molar-refractivity contribution in [3.8, 4) is 5.75 Å². The normalized spacial score (nSPS) is 11.6. The van der Waals surface area contributed by atoms with Crippen LogP contribution in [-0.2, 0) is 13.2 Å². The van der Waals surface area contributed by atoms with Crippen LogP contribution in [0.4, 0.5) is 0 Å². The van der Waals surface area contributed by atoms with Gasteiger partial charge in [0.1, 0.15) is 12.4 Å². The van der Waals surface area contributed by atoms with Crippen LogP contribution < -0.4 is 4.74 Å². The van der Waals surface area contributed by atoms with Crippen LogP contribution in [0.3, 0.4) is 0 Å². The molecule has 0 spiro atoms. The molecule has 0 aliphatic carbocycles. The number of para-hydroxylation sites is 2. The summed E-state index contributed by atoms with van der Waals surface area (Å²) in [6, 6.07) is 24.5. The zero-order valence-corrected chi connectivity index (χ0v) is 17.8. The van der Waals surface area contributed by atoms with Gasteiger partial charge in [0, 0.05) is 28.4 Å².